The van der Waals surface area contributed by atoms with Crippen LogP contribution in [0.25, 0.3) is 22.4 Å². The van der Waals surface area contributed by atoms with Crippen molar-refractivity contribution in [3.63, 3.8) is 0 Å². The molecule has 0 unspecified atom stereocenters. The van der Waals surface area contributed by atoms with Crippen LogP contribution in [0.1, 0.15) is 21.5 Å². The van der Waals surface area contributed by atoms with Crippen molar-refractivity contribution in [1.29, 1.82) is 5.26 Å². The number of carbonyl (C=O) groups is 1. The van der Waals surface area contributed by atoms with E-state index in [9.17, 15) is 25.3 Å². The first-order chi connectivity index (χ1) is 16.0. The molecular formula is C25H14N4O4. The second-order valence-electron chi connectivity index (χ2n) is 7.40. The SMILES string of the molecule is N#Cc1c(Nc2ccc(O)cc2)nc2c(c1-c1ccc([N+](=O)[O-])cc1)C(=O)c1ccccc1-2. The number of phenolic OH excluding ortho intramolecular Hbond substituents is 1. The second kappa shape index (κ2) is 7.59. The van der Waals surface area contributed by atoms with Crippen LogP contribution in [0.2, 0.25) is 0 Å². The van der Waals surface area contributed by atoms with Gasteiger partial charge in [0, 0.05) is 34.5 Å². The van der Waals surface area contributed by atoms with Crippen LogP contribution in [0.3, 0.4) is 0 Å². The van der Waals surface area contributed by atoms with Gasteiger partial charge in [0.1, 0.15) is 23.2 Å². The normalized spacial score (nSPS) is 11.4. The van der Waals surface area contributed by atoms with Gasteiger partial charge in [-0.3, -0.25) is 14.9 Å². The van der Waals surface area contributed by atoms with Crippen LogP contribution >= 0.6 is 0 Å². The Bertz CT molecular complexity index is 1490. The van der Waals surface area contributed by atoms with Gasteiger partial charge in [-0.05, 0) is 42.0 Å². The summed E-state index contributed by atoms with van der Waals surface area (Å²) in [6.07, 6.45) is 0. The number of hydrogen-bond donors (Lipinski definition) is 2. The zero-order valence-electron chi connectivity index (χ0n) is 16.9. The molecule has 0 fully saturated rings. The summed E-state index contributed by atoms with van der Waals surface area (Å²) in [6, 6.07) is 21.2. The average Bonchev–Trinajstić information content (AvgIpc) is 3.11. The summed E-state index contributed by atoms with van der Waals surface area (Å²) in [5.74, 6) is 0.0722. The minimum Gasteiger partial charge on any atom is -0.508 e. The molecule has 0 saturated heterocycles. The molecule has 0 amide bonds. The van der Waals surface area contributed by atoms with Gasteiger partial charge in [0.15, 0.2) is 5.78 Å². The Morgan fingerprint density at radius 3 is 2.24 bits per heavy atom. The van der Waals surface area contributed by atoms with E-state index in [0.29, 0.717) is 33.6 Å². The van der Waals surface area contributed by atoms with Gasteiger partial charge < -0.3 is 10.4 Å². The number of rotatable bonds is 4. The van der Waals surface area contributed by atoms with E-state index in [1.165, 1.54) is 36.4 Å². The summed E-state index contributed by atoms with van der Waals surface area (Å²) in [5.41, 5.74) is 3.33. The van der Waals surface area contributed by atoms with Crippen molar-refractivity contribution in [3.05, 3.63) is 99.6 Å². The third kappa shape index (κ3) is 3.25. The topological polar surface area (TPSA) is 129 Å². The van der Waals surface area contributed by atoms with Crippen LogP contribution in [-0.4, -0.2) is 20.8 Å². The fraction of sp³-hybridized carbons (Fsp3) is 0. The summed E-state index contributed by atoms with van der Waals surface area (Å²) < 4.78 is 0. The Balaban J connectivity index is 1.78. The van der Waals surface area contributed by atoms with Gasteiger partial charge in [-0.15, -0.1) is 0 Å². The summed E-state index contributed by atoms with van der Waals surface area (Å²) in [5, 5.41) is 33.8. The molecule has 8 nitrogen and oxygen atoms in total. The van der Waals surface area contributed by atoms with Gasteiger partial charge in [-0.1, -0.05) is 24.3 Å². The summed E-state index contributed by atoms with van der Waals surface area (Å²) in [7, 11) is 0. The van der Waals surface area contributed by atoms with E-state index < -0.39 is 4.92 Å². The van der Waals surface area contributed by atoms with Gasteiger partial charge in [0.2, 0.25) is 0 Å². The fourth-order valence-electron chi connectivity index (χ4n) is 3.94. The first-order valence-electron chi connectivity index (χ1n) is 9.91. The molecule has 3 aromatic carbocycles. The van der Waals surface area contributed by atoms with Crippen molar-refractivity contribution in [2.45, 2.75) is 0 Å². The number of benzene rings is 3. The lowest BCUT2D eigenvalue weighted by Gasteiger charge is -2.15. The molecule has 0 spiro atoms. The van der Waals surface area contributed by atoms with E-state index in [1.54, 1.807) is 36.4 Å². The number of non-ortho nitro benzene ring substituents is 1. The number of nitro benzene ring substituents is 1. The molecular weight excluding hydrogens is 420 g/mol. The molecule has 158 valence electrons. The highest BCUT2D eigenvalue weighted by Crippen LogP contribution is 2.44. The lowest BCUT2D eigenvalue weighted by atomic mass is 9.93. The highest BCUT2D eigenvalue weighted by atomic mass is 16.6. The standard InChI is InChI=1S/C25H14N4O4/c26-13-20-21(14-5-9-16(10-6-14)29(32)33)22-23(18-3-1-2-4-19(18)24(22)31)28-25(20)27-15-7-11-17(30)12-8-15/h1-12,30H,(H,27,28). The van der Waals surface area contributed by atoms with Gasteiger partial charge in [0.05, 0.1) is 16.2 Å². The maximum atomic E-state index is 13.3. The maximum Gasteiger partial charge on any atom is 0.269 e. The lowest BCUT2D eigenvalue weighted by molar-refractivity contribution is -0.384. The maximum absolute atomic E-state index is 13.3. The lowest BCUT2D eigenvalue weighted by Crippen LogP contribution is -2.06. The Kier molecular flexibility index (Phi) is 4.58. The van der Waals surface area contributed by atoms with E-state index in [2.05, 4.69) is 16.4 Å². The molecule has 2 N–H and O–H groups in total. The quantitative estimate of drug-likeness (QED) is 0.226. The zero-order valence-corrected chi connectivity index (χ0v) is 16.9. The van der Waals surface area contributed by atoms with Crippen molar-refractivity contribution in [2.75, 3.05) is 5.32 Å². The summed E-state index contributed by atoms with van der Waals surface area (Å²) in [4.78, 5) is 28.6. The van der Waals surface area contributed by atoms with Gasteiger partial charge in [0.25, 0.3) is 5.69 Å². The summed E-state index contributed by atoms with van der Waals surface area (Å²) >= 11 is 0. The molecule has 0 bridgehead atoms. The number of anilines is 2. The minimum absolute atomic E-state index is 0.0917. The number of nitro groups is 1. The Labute approximate surface area is 187 Å². The smallest absolute Gasteiger partial charge is 0.269 e. The van der Waals surface area contributed by atoms with E-state index in [4.69, 9.17) is 0 Å². The average molecular weight is 434 g/mol. The summed E-state index contributed by atoms with van der Waals surface area (Å²) in [6.45, 7) is 0. The van der Waals surface area contributed by atoms with Crippen molar-refractivity contribution < 1.29 is 14.8 Å². The second-order valence-corrected chi connectivity index (χ2v) is 7.40. The van der Waals surface area contributed by atoms with E-state index >= 15 is 0 Å². The molecule has 1 heterocycles. The largest absolute Gasteiger partial charge is 0.508 e. The van der Waals surface area contributed by atoms with Crippen molar-refractivity contribution >= 4 is 23.0 Å². The Hall–Kier alpha value is -5.03. The number of pyridine rings is 1. The zero-order chi connectivity index (χ0) is 23.1. The number of phenols is 1. The molecule has 1 aromatic heterocycles. The van der Waals surface area contributed by atoms with Gasteiger partial charge in [-0.25, -0.2) is 4.98 Å². The van der Waals surface area contributed by atoms with E-state index in [1.807, 2.05) is 0 Å². The number of carbonyl (C=O) groups excluding carboxylic acids is 1. The first-order valence-corrected chi connectivity index (χ1v) is 9.91. The molecule has 5 rings (SSSR count). The van der Waals surface area contributed by atoms with Gasteiger partial charge in [-0.2, -0.15) is 5.26 Å². The van der Waals surface area contributed by atoms with Crippen molar-refractivity contribution in [2.24, 2.45) is 0 Å². The van der Waals surface area contributed by atoms with Crippen LogP contribution in [0.5, 0.6) is 5.75 Å². The number of hydrogen-bond acceptors (Lipinski definition) is 7. The van der Waals surface area contributed by atoms with Crippen molar-refractivity contribution in [3.8, 4) is 34.2 Å². The predicted molar refractivity (Wildman–Crippen MR) is 121 cm³/mol. The first kappa shape index (κ1) is 19.9. The molecule has 33 heavy (non-hydrogen) atoms. The number of aromatic hydroxyl groups is 1. The number of nitrogens with zero attached hydrogens (tertiary/aromatic N) is 3. The van der Waals surface area contributed by atoms with Crippen LogP contribution in [0, 0.1) is 21.4 Å². The van der Waals surface area contributed by atoms with Crippen LogP contribution in [0.4, 0.5) is 17.2 Å². The molecule has 0 aliphatic heterocycles. The third-order valence-corrected chi connectivity index (χ3v) is 5.46. The number of fused-ring (bicyclic) bond motifs is 3. The highest BCUT2D eigenvalue weighted by molar-refractivity contribution is 6.24. The number of nitrogens with one attached hydrogen (secondary N) is 1. The fourth-order valence-corrected chi connectivity index (χ4v) is 3.94. The Morgan fingerprint density at radius 2 is 1.61 bits per heavy atom. The third-order valence-electron chi connectivity index (χ3n) is 5.46. The van der Waals surface area contributed by atoms with Crippen LogP contribution in [-0.2, 0) is 0 Å². The molecule has 4 aromatic rings. The van der Waals surface area contributed by atoms with E-state index in [-0.39, 0.29) is 34.2 Å². The molecule has 0 radical (unpaired) electrons. The predicted octanol–water partition coefficient (Wildman–Crippen LogP) is 5.19. The molecule has 1 aliphatic rings. The van der Waals surface area contributed by atoms with Crippen LogP contribution < -0.4 is 5.32 Å². The molecule has 0 saturated carbocycles. The number of ketones is 1. The van der Waals surface area contributed by atoms with E-state index in [0.717, 1.165) is 0 Å². The van der Waals surface area contributed by atoms with Crippen molar-refractivity contribution in [1.82, 2.24) is 4.98 Å². The molecule has 1 aliphatic carbocycles. The Morgan fingerprint density at radius 1 is 0.939 bits per heavy atom. The highest BCUT2D eigenvalue weighted by Gasteiger charge is 2.34. The molecule has 8 heteroatoms. The van der Waals surface area contributed by atoms with Gasteiger partial charge >= 0.3 is 0 Å². The van der Waals surface area contributed by atoms with Crippen LogP contribution in [0.15, 0.2) is 72.8 Å². The monoisotopic (exact) mass is 434 g/mol. The number of nitriles is 1. The molecule has 0 atom stereocenters. The minimum atomic E-state index is -0.509. The number of aromatic nitrogens is 1.